The fourth-order valence-corrected chi connectivity index (χ4v) is 3.60. The molecule has 1 fully saturated rings. The van der Waals surface area contributed by atoms with Crippen LogP contribution >= 0.6 is 7.14 Å². The second kappa shape index (κ2) is 12.8. The maximum absolute atomic E-state index is 11.4. The second-order valence-electron chi connectivity index (χ2n) is 7.64. The molecule has 0 aromatic rings. The van der Waals surface area contributed by atoms with Gasteiger partial charge in [0.2, 0.25) is 0 Å². The van der Waals surface area contributed by atoms with Crippen LogP contribution in [0.3, 0.4) is 0 Å². The van der Waals surface area contributed by atoms with Gasteiger partial charge in [-0.3, -0.25) is 4.79 Å². The van der Waals surface area contributed by atoms with Gasteiger partial charge < -0.3 is 18.8 Å². The standard InChI is InChI=1S/C12H25O2P.C7H12O3/c1-4-5-6-7-8-9-10-12(13)11-15(2,3)14;1-7(2)9-5-6(10-7)3-4-8/h4-11H2,1-3H3;4,6H,3,5H2,1-2H3/t;6-/m.0/s1. The van der Waals surface area contributed by atoms with Crippen LogP contribution in [-0.2, 0) is 23.6 Å². The Kier molecular flexibility index (Phi) is 12.5. The van der Waals surface area contributed by atoms with Gasteiger partial charge in [0, 0.05) is 12.8 Å². The summed E-state index contributed by atoms with van der Waals surface area (Å²) in [5, 5.41) is 0. The molecule has 0 spiro atoms. The summed E-state index contributed by atoms with van der Waals surface area (Å²) in [4.78, 5) is 21.4. The Hall–Kier alpha value is -0.510. The SMILES string of the molecule is CC1(C)OC[C@H](CC=O)O1.CCCCCCCCC(=O)CP(C)(C)=O. The van der Waals surface area contributed by atoms with E-state index in [1.54, 1.807) is 13.3 Å². The predicted octanol–water partition coefficient (Wildman–Crippen LogP) is 4.66. The molecule has 0 aromatic carbocycles. The van der Waals surface area contributed by atoms with Crippen molar-refractivity contribution in [2.45, 2.75) is 84.0 Å². The lowest BCUT2D eigenvalue weighted by atomic mass is 10.1. The lowest BCUT2D eigenvalue weighted by Gasteiger charge is -2.15. The van der Waals surface area contributed by atoms with Crippen LogP contribution in [-0.4, -0.2) is 50.1 Å². The van der Waals surface area contributed by atoms with Gasteiger partial charge in [0.25, 0.3) is 0 Å². The quantitative estimate of drug-likeness (QED) is 0.298. The fourth-order valence-electron chi connectivity index (χ4n) is 2.59. The van der Waals surface area contributed by atoms with Gasteiger partial charge in [-0.25, -0.2) is 0 Å². The largest absolute Gasteiger partial charge is 0.348 e. The highest BCUT2D eigenvalue weighted by atomic mass is 31.2. The van der Waals surface area contributed by atoms with E-state index in [1.165, 1.54) is 25.7 Å². The van der Waals surface area contributed by atoms with E-state index >= 15 is 0 Å². The van der Waals surface area contributed by atoms with Gasteiger partial charge in [0.05, 0.1) is 26.0 Å². The summed E-state index contributed by atoms with van der Waals surface area (Å²) in [5.74, 6) is -0.313. The molecule has 148 valence electrons. The minimum absolute atomic E-state index is 0.0347. The average molecular weight is 376 g/mol. The molecule has 0 saturated carbocycles. The van der Waals surface area contributed by atoms with Crippen LogP contribution < -0.4 is 0 Å². The molecule has 1 rings (SSSR count). The van der Waals surface area contributed by atoms with Crippen LogP contribution in [0.15, 0.2) is 0 Å². The van der Waals surface area contributed by atoms with Gasteiger partial charge in [-0.2, -0.15) is 0 Å². The zero-order valence-corrected chi connectivity index (χ0v) is 17.6. The van der Waals surface area contributed by atoms with Crippen molar-refractivity contribution in [3.05, 3.63) is 0 Å². The number of carbonyl (C=O) groups is 2. The first-order chi connectivity index (χ1) is 11.6. The summed E-state index contributed by atoms with van der Waals surface area (Å²) < 4.78 is 21.9. The van der Waals surface area contributed by atoms with Gasteiger partial charge in [-0.05, 0) is 33.6 Å². The molecule has 0 unspecified atom stereocenters. The first-order valence-corrected chi connectivity index (χ1v) is 12.2. The van der Waals surface area contributed by atoms with Crippen molar-refractivity contribution in [3.63, 3.8) is 0 Å². The summed E-state index contributed by atoms with van der Waals surface area (Å²) in [7, 11) is -2.14. The lowest BCUT2D eigenvalue weighted by Crippen LogP contribution is -2.21. The number of ketones is 1. The fraction of sp³-hybridized carbons (Fsp3) is 0.895. The first-order valence-electron chi connectivity index (χ1n) is 9.40. The number of hydrogen-bond donors (Lipinski definition) is 0. The van der Waals surface area contributed by atoms with Crippen LogP contribution in [0.4, 0.5) is 0 Å². The van der Waals surface area contributed by atoms with E-state index in [2.05, 4.69) is 6.92 Å². The van der Waals surface area contributed by atoms with Crippen LogP contribution in [0.1, 0.15) is 72.1 Å². The molecule has 25 heavy (non-hydrogen) atoms. The molecule has 0 amide bonds. The van der Waals surface area contributed by atoms with Crippen molar-refractivity contribution in [3.8, 4) is 0 Å². The molecule has 0 aliphatic carbocycles. The molecular weight excluding hydrogens is 339 g/mol. The van der Waals surface area contributed by atoms with Crippen molar-refractivity contribution in [2.24, 2.45) is 0 Å². The smallest absolute Gasteiger partial charge is 0.163 e. The average Bonchev–Trinajstić information content (AvgIpc) is 2.81. The Morgan fingerprint density at radius 1 is 1.16 bits per heavy atom. The summed E-state index contributed by atoms with van der Waals surface area (Å²) in [6, 6.07) is 0. The van der Waals surface area contributed by atoms with E-state index in [0.717, 1.165) is 19.1 Å². The second-order valence-corrected chi connectivity index (χ2v) is 11.1. The molecule has 1 aliphatic rings. The number of ether oxygens (including phenoxy) is 2. The number of rotatable bonds is 11. The third-order valence-electron chi connectivity index (χ3n) is 3.79. The first kappa shape index (κ1) is 24.5. The molecule has 1 aliphatic heterocycles. The highest BCUT2D eigenvalue weighted by Crippen LogP contribution is 2.35. The summed E-state index contributed by atoms with van der Waals surface area (Å²) in [5.41, 5.74) is 0. The molecule has 0 aromatic heterocycles. The molecule has 0 bridgehead atoms. The van der Waals surface area contributed by atoms with E-state index in [-0.39, 0.29) is 11.9 Å². The third-order valence-corrected chi connectivity index (χ3v) is 4.91. The monoisotopic (exact) mass is 376 g/mol. The Morgan fingerprint density at radius 2 is 1.76 bits per heavy atom. The highest BCUT2D eigenvalue weighted by molar-refractivity contribution is 7.63. The minimum Gasteiger partial charge on any atom is -0.348 e. The molecule has 6 heteroatoms. The molecule has 5 nitrogen and oxygen atoms in total. The summed E-state index contributed by atoms with van der Waals surface area (Å²) in [6.07, 6.45) is 9.36. The van der Waals surface area contributed by atoms with Gasteiger partial charge >= 0.3 is 0 Å². The van der Waals surface area contributed by atoms with Crippen molar-refractivity contribution in [1.29, 1.82) is 0 Å². The predicted molar refractivity (Wildman–Crippen MR) is 103 cm³/mol. The van der Waals surface area contributed by atoms with E-state index in [4.69, 9.17) is 9.47 Å². The van der Waals surface area contributed by atoms with Crippen molar-refractivity contribution >= 4 is 19.2 Å². The van der Waals surface area contributed by atoms with Crippen LogP contribution in [0.25, 0.3) is 0 Å². The number of unbranched alkanes of at least 4 members (excludes halogenated alkanes) is 5. The van der Waals surface area contributed by atoms with Crippen molar-refractivity contribution in [2.75, 3.05) is 26.1 Å². The molecule has 1 atom stereocenters. The topological polar surface area (TPSA) is 69.7 Å². The molecule has 1 saturated heterocycles. The number of carbonyl (C=O) groups excluding carboxylic acids is 2. The van der Waals surface area contributed by atoms with E-state index in [0.29, 0.717) is 25.6 Å². The van der Waals surface area contributed by atoms with Gasteiger partial charge in [-0.1, -0.05) is 39.0 Å². The van der Waals surface area contributed by atoms with E-state index in [9.17, 15) is 14.2 Å². The Bertz CT molecular complexity index is 428. The number of Topliss-reactive ketones (excluding diaryl/α,β-unsaturated/α-hetero) is 1. The Morgan fingerprint density at radius 3 is 2.24 bits per heavy atom. The maximum atomic E-state index is 11.4. The van der Waals surface area contributed by atoms with E-state index in [1.807, 2.05) is 13.8 Å². The molecule has 1 heterocycles. The van der Waals surface area contributed by atoms with Gasteiger partial charge in [0.15, 0.2) is 5.79 Å². The maximum Gasteiger partial charge on any atom is 0.163 e. The summed E-state index contributed by atoms with van der Waals surface area (Å²) >= 11 is 0. The molecular formula is C19H37O5P. The number of aldehydes is 1. The van der Waals surface area contributed by atoms with Crippen LogP contribution in [0, 0.1) is 0 Å². The van der Waals surface area contributed by atoms with Gasteiger partial charge in [-0.15, -0.1) is 0 Å². The zero-order chi connectivity index (χ0) is 19.3. The highest BCUT2D eigenvalue weighted by Gasteiger charge is 2.31. The minimum atomic E-state index is -2.14. The zero-order valence-electron chi connectivity index (χ0n) is 16.7. The third kappa shape index (κ3) is 15.5. The van der Waals surface area contributed by atoms with Gasteiger partial charge in [0.1, 0.15) is 12.1 Å². The molecule has 0 N–H and O–H groups in total. The van der Waals surface area contributed by atoms with Crippen LogP contribution in [0.5, 0.6) is 0 Å². The van der Waals surface area contributed by atoms with Crippen LogP contribution in [0.2, 0.25) is 0 Å². The van der Waals surface area contributed by atoms with Crippen molar-refractivity contribution in [1.82, 2.24) is 0 Å². The van der Waals surface area contributed by atoms with Crippen molar-refractivity contribution < 1.29 is 23.6 Å². The van der Waals surface area contributed by atoms with E-state index < -0.39 is 12.9 Å². The molecule has 0 radical (unpaired) electrons. The lowest BCUT2D eigenvalue weighted by molar-refractivity contribution is -0.140. The normalized spacial score (nSPS) is 19.2. The Labute approximate surface area is 153 Å². The number of hydrogen-bond acceptors (Lipinski definition) is 5. The Balaban J connectivity index is 0.000000496. The summed E-state index contributed by atoms with van der Waals surface area (Å²) in [6.45, 7) is 9.79.